The Morgan fingerprint density at radius 1 is 1.06 bits per heavy atom. The zero-order chi connectivity index (χ0) is 11.4. The largest absolute Gasteiger partial charge is 0.329 e. The first-order valence-electron chi connectivity index (χ1n) is 5.28. The van der Waals surface area contributed by atoms with Gasteiger partial charge in [0.2, 0.25) is 0 Å². The predicted octanol–water partition coefficient (Wildman–Crippen LogP) is 1.71. The Bertz CT molecular complexity index is 454. The summed E-state index contributed by atoms with van der Waals surface area (Å²) in [6, 6.07) is 11.9. The third-order valence-electron chi connectivity index (χ3n) is 2.61. The van der Waals surface area contributed by atoms with Gasteiger partial charge < -0.3 is 11.5 Å². The lowest BCUT2D eigenvalue weighted by Crippen LogP contribution is -2.21. The average Bonchev–Trinajstić information content (AvgIpc) is 2.39. The van der Waals surface area contributed by atoms with Crippen molar-refractivity contribution in [3.8, 4) is 11.1 Å². The van der Waals surface area contributed by atoms with Crippen LogP contribution in [0.1, 0.15) is 11.6 Å². The summed E-state index contributed by atoms with van der Waals surface area (Å²) in [6.45, 7) is 0.447. The molecule has 82 valence electrons. The summed E-state index contributed by atoms with van der Waals surface area (Å²) in [6.07, 6.45) is 3.56. The maximum atomic E-state index is 5.99. The van der Waals surface area contributed by atoms with Gasteiger partial charge in [-0.25, -0.2) is 0 Å². The molecule has 0 aliphatic heterocycles. The van der Waals surface area contributed by atoms with Crippen LogP contribution in [-0.4, -0.2) is 11.5 Å². The lowest BCUT2D eigenvalue weighted by atomic mass is 9.96. The van der Waals surface area contributed by atoms with Gasteiger partial charge in [-0.05, 0) is 28.8 Å². The number of benzene rings is 1. The van der Waals surface area contributed by atoms with Crippen molar-refractivity contribution in [3.05, 3.63) is 54.4 Å². The fourth-order valence-corrected chi connectivity index (χ4v) is 1.74. The van der Waals surface area contributed by atoms with E-state index in [-0.39, 0.29) is 6.04 Å². The molecule has 2 rings (SSSR count). The first-order valence-corrected chi connectivity index (χ1v) is 5.28. The zero-order valence-electron chi connectivity index (χ0n) is 9.01. The Morgan fingerprint density at radius 3 is 2.44 bits per heavy atom. The topological polar surface area (TPSA) is 64.9 Å². The molecular formula is C13H15N3. The van der Waals surface area contributed by atoms with Gasteiger partial charge in [0, 0.05) is 25.0 Å². The first-order chi connectivity index (χ1) is 7.83. The summed E-state index contributed by atoms with van der Waals surface area (Å²) in [5.41, 5.74) is 14.9. The molecule has 0 saturated carbocycles. The molecule has 0 bridgehead atoms. The summed E-state index contributed by atoms with van der Waals surface area (Å²) in [4.78, 5) is 4.01. The monoisotopic (exact) mass is 213 g/mol. The molecule has 1 aromatic heterocycles. The Hall–Kier alpha value is -1.71. The Morgan fingerprint density at radius 2 is 1.75 bits per heavy atom. The minimum absolute atomic E-state index is 0.121. The summed E-state index contributed by atoms with van der Waals surface area (Å²) in [7, 11) is 0. The molecule has 16 heavy (non-hydrogen) atoms. The second-order valence-corrected chi connectivity index (χ2v) is 3.67. The number of nitrogens with zero attached hydrogens (tertiary/aromatic N) is 1. The van der Waals surface area contributed by atoms with E-state index in [1.165, 1.54) is 0 Å². The zero-order valence-corrected chi connectivity index (χ0v) is 9.01. The highest BCUT2D eigenvalue weighted by Gasteiger charge is 2.09. The average molecular weight is 213 g/mol. The van der Waals surface area contributed by atoms with Gasteiger partial charge in [0.05, 0.1) is 0 Å². The van der Waals surface area contributed by atoms with Crippen molar-refractivity contribution >= 4 is 0 Å². The molecular weight excluding hydrogens is 198 g/mol. The summed E-state index contributed by atoms with van der Waals surface area (Å²) in [5.74, 6) is 0. The molecule has 0 aliphatic carbocycles. The van der Waals surface area contributed by atoms with Crippen LogP contribution in [0, 0.1) is 0 Å². The molecule has 0 radical (unpaired) electrons. The lowest BCUT2D eigenvalue weighted by Gasteiger charge is -2.14. The second-order valence-electron chi connectivity index (χ2n) is 3.67. The summed E-state index contributed by atoms with van der Waals surface area (Å²) >= 11 is 0. The van der Waals surface area contributed by atoms with E-state index >= 15 is 0 Å². The maximum Gasteiger partial charge on any atom is 0.0425 e. The molecule has 1 aromatic carbocycles. The van der Waals surface area contributed by atoms with E-state index in [1.54, 1.807) is 12.4 Å². The van der Waals surface area contributed by atoms with Crippen LogP contribution in [0.25, 0.3) is 11.1 Å². The van der Waals surface area contributed by atoms with Crippen molar-refractivity contribution in [2.45, 2.75) is 6.04 Å². The number of aromatic nitrogens is 1. The van der Waals surface area contributed by atoms with E-state index in [0.717, 1.165) is 16.7 Å². The van der Waals surface area contributed by atoms with Crippen LogP contribution in [-0.2, 0) is 0 Å². The normalized spacial score (nSPS) is 12.4. The number of hydrogen-bond acceptors (Lipinski definition) is 3. The van der Waals surface area contributed by atoms with E-state index in [0.29, 0.717) is 6.54 Å². The molecule has 4 N–H and O–H groups in total. The summed E-state index contributed by atoms with van der Waals surface area (Å²) < 4.78 is 0. The van der Waals surface area contributed by atoms with Gasteiger partial charge in [-0.1, -0.05) is 24.3 Å². The maximum absolute atomic E-state index is 5.99. The third kappa shape index (κ3) is 2.10. The fourth-order valence-electron chi connectivity index (χ4n) is 1.74. The van der Waals surface area contributed by atoms with Crippen LogP contribution >= 0.6 is 0 Å². The molecule has 2 aromatic rings. The van der Waals surface area contributed by atoms with Crippen molar-refractivity contribution < 1.29 is 0 Å². The molecule has 0 fully saturated rings. The molecule has 0 aliphatic rings. The number of nitrogens with two attached hydrogens (primary N) is 2. The first kappa shape index (κ1) is 10.8. The van der Waals surface area contributed by atoms with Crippen molar-refractivity contribution in [3.63, 3.8) is 0 Å². The van der Waals surface area contributed by atoms with Gasteiger partial charge in [-0.2, -0.15) is 0 Å². The van der Waals surface area contributed by atoms with Crippen molar-refractivity contribution in [1.82, 2.24) is 4.98 Å². The van der Waals surface area contributed by atoms with E-state index in [1.807, 2.05) is 30.3 Å². The summed E-state index contributed by atoms with van der Waals surface area (Å²) in [5, 5.41) is 0. The van der Waals surface area contributed by atoms with Crippen LogP contribution in [0.15, 0.2) is 48.8 Å². The van der Waals surface area contributed by atoms with Crippen LogP contribution in [0.5, 0.6) is 0 Å². The Kier molecular flexibility index (Phi) is 3.29. The van der Waals surface area contributed by atoms with Gasteiger partial charge in [0.25, 0.3) is 0 Å². The van der Waals surface area contributed by atoms with E-state index in [2.05, 4.69) is 11.1 Å². The predicted molar refractivity (Wildman–Crippen MR) is 65.7 cm³/mol. The molecule has 1 heterocycles. The standard InChI is InChI=1S/C13H15N3/c14-9-13(15)12-4-2-1-3-11(12)10-5-7-16-8-6-10/h1-8,13H,9,14-15H2/t13-/m1/s1. The second kappa shape index (κ2) is 4.88. The van der Waals surface area contributed by atoms with Crippen molar-refractivity contribution in [1.29, 1.82) is 0 Å². The highest BCUT2D eigenvalue weighted by Crippen LogP contribution is 2.26. The highest BCUT2D eigenvalue weighted by atomic mass is 14.7. The fraction of sp³-hybridized carbons (Fsp3) is 0.154. The third-order valence-corrected chi connectivity index (χ3v) is 2.61. The minimum Gasteiger partial charge on any atom is -0.329 e. The van der Waals surface area contributed by atoms with Crippen molar-refractivity contribution in [2.75, 3.05) is 6.54 Å². The molecule has 0 spiro atoms. The highest BCUT2D eigenvalue weighted by molar-refractivity contribution is 5.67. The molecule has 3 heteroatoms. The van der Waals surface area contributed by atoms with Gasteiger partial charge in [-0.3, -0.25) is 4.98 Å². The van der Waals surface area contributed by atoms with Gasteiger partial charge in [0.15, 0.2) is 0 Å². The van der Waals surface area contributed by atoms with Gasteiger partial charge >= 0.3 is 0 Å². The van der Waals surface area contributed by atoms with Crippen LogP contribution < -0.4 is 11.5 Å². The van der Waals surface area contributed by atoms with Crippen LogP contribution in [0.3, 0.4) is 0 Å². The number of rotatable bonds is 3. The molecule has 0 amide bonds. The SMILES string of the molecule is NC[C@@H](N)c1ccccc1-c1ccncc1. The molecule has 0 saturated heterocycles. The van der Waals surface area contributed by atoms with Gasteiger partial charge in [0.1, 0.15) is 0 Å². The molecule has 0 unspecified atom stereocenters. The Balaban J connectivity index is 2.49. The van der Waals surface area contributed by atoms with Gasteiger partial charge in [-0.15, -0.1) is 0 Å². The molecule has 3 nitrogen and oxygen atoms in total. The quantitative estimate of drug-likeness (QED) is 0.815. The van der Waals surface area contributed by atoms with E-state index in [4.69, 9.17) is 11.5 Å². The van der Waals surface area contributed by atoms with Crippen LogP contribution in [0.4, 0.5) is 0 Å². The molecule has 1 atom stereocenters. The van der Waals surface area contributed by atoms with Crippen molar-refractivity contribution in [2.24, 2.45) is 11.5 Å². The lowest BCUT2D eigenvalue weighted by molar-refractivity contribution is 0.739. The smallest absolute Gasteiger partial charge is 0.0425 e. The number of hydrogen-bond donors (Lipinski definition) is 2. The Labute approximate surface area is 95.1 Å². The van der Waals surface area contributed by atoms with E-state index in [9.17, 15) is 0 Å². The van der Waals surface area contributed by atoms with E-state index < -0.39 is 0 Å². The van der Waals surface area contributed by atoms with Crippen LogP contribution in [0.2, 0.25) is 0 Å². The number of pyridine rings is 1. The minimum atomic E-state index is -0.121.